The van der Waals surface area contributed by atoms with Gasteiger partial charge in [0.1, 0.15) is 17.6 Å². The van der Waals surface area contributed by atoms with E-state index >= 15 is 0 Å². The molecular weight excluding hydrogens is 318 g/mol. The van der Waals surface area contributed by atoms with Gasteiger partial charge < -0.3 is 19.1 Å². The quantitative estimate of drug-likeness (QED) is 0.838. The van der Waals surface area contributed by atoms with Crippen LogP contribution in [0.25, 0.3) is 0 Å². The monoisotopic (exact) mass is 341 g/mol. The van der Waals surface area contributed by atoms with Crippen molar-refractivity contribution < 1.29 is 19.0 Å². The number of amides is 1. The second kappa shape index (κ2) is 7.57. The SMILES string of the molecule is COc1ccc(C(=O)N(C)C[C@H]2OCCc3ccccc32)c(OC)c1. The Bertz CT molecular complexity index is 759. The molecule has 0 saturated carbocycles. The van der Waals surface area contributed by atoms with Crippen molar-refractivity contribution >= 4 is 5.91 Å². The molecule has 0 bridgehead atoms. The van der Waals surface area contributed by atoms with Gasteiger partial charge in [0.05, 0.1) is 32.9 Å². The van der Waals surface area contributed by atoms with Gasteiger partial charge >= 0.3 is 0 Å². The fourth-order valence-corrected chi connectivity index (χ4v) is 3.14. The second-order valence-corrected chi connectivity index (χ2v) is 6.06. The summed E-state index contributed by atoms with van der Waals surface area (Å²) < 4.78 is 16.4. The van der Waals surface area contributed by atoms with Crippen LogP contribution in [-0.2, 0) is 11.2 Å². The molecule has 5 heteroatoms. The maximum Gasteiger partial charge on any atom is 0.257 e. The minimum atomic E-state index is -0.108. The first-order valence-corrected chi connectivity index (χ1v) is 8.31. The lowest BCUT2D eigenvalue weighted by atomic mass is 9.97. The molecule has 0 aliphatic carbocycles. The van der Waals surface area contributed by atoms with Gasteiger partial charge in [0.25, 0.3) is 5.91 Å². The summed E-state index contributed by atoms with van der Waals surface area (Å²) in [6.07, 6.45) is 0.805. The molecule has 0 aromatic heterocycles. The maximum absolute atomic E-state index is 12.9. The van der Waals surface area contributed by atoms with E-state index in [1.807, 2.05) is 12.1 Å². The number of carbonyl (C=O) groups excluding carboxylic acids is 1. The van der Waals surface area contributed by atoms with Gasteiger partial charge in [-0.3, -0.25) is 4.79 Å². The molecule has 0 N–H and O–H groups in total. The summed E-state index contributed by atoms with van der Waals surface area (Å²) in [5.74, 6) is 1.05. The van der Waals surface area contributed by atoms with Crippen molar-refractivity contribution in [1.82, 2.24) is 4.90 Å². The molecular formula is C20H23NO4. The summed E-state index contributed by atoms with van der Waals surface area (Å²) >= 11 is 0. The van der Waals surface area contributed by atoms with Crippen molar-refractivity contribution in [3.8, 4) is 11.5 Å². The lowest BCUT2D eigenvalue weighted by Crippen LogP contribution is -2.34. The van der Waals surface area contributed by atoms with E-state index in [0.29, 0.717) is 30.2 Å². The average molecular weight is 341 g/mol. The Morgan fingerprint density at radius 3 is 2.76 bits per heavy atom. The third-order valence-electron chi connectivity index (χ3n) is 4.52. The first kappa shape index (κ1) is 17.3. The fourth-order valence-electron chi connectivity index (χ4n) is 3.14. The van der Waals surface area contributed by atoms with Crippen molar-refractivity contribution in [2.75, 3.05) is 34.4 Å². The molecule has 1 atom stereocenters. The molecule has 1 amide bonds. The number of carbonyl (C=O) groups is 1. The predicted molar refractivity (Wildman–Crippen MR) is 95.3 cm³/mol. The largest absolute Gasteiger partial charge is 0.497 e. The van der Waals surface area contributed by atoms with E-state index in [1.165, 1.54) is 5.56 Å². The standard InChI is InChI=1S/C20H23NO4/c1-21(13-19-16-7-5-4-6-14(16)10-11-25-19)20(22)17-9-8-15(23-2)12-18(17)24-3/h4-9,12,19H,10-11,13H2,1-3H3/t19-/m1/s1. The number of benzene rings is 2. The number of likely N-dealkylation sites (N-methyl/N-ethyl adjacent to an activating group) is 1. The first-order chi connectivity index (χ1) is 12.1. The Morgan fingerprint density at radius 1 is 1.20 bits per heavy atom. The third kappa shape index (κ3) is 3.61. The molecule has 0 unspecified atom stereocenters. The molecule has 0 saturated heterocycles. The Hall–Kier alpha value is -2.53. The van der Waals surface area contributed by atoms with E-state index in [4.69, 9.17) is 14.2 Å². The van der Waals surface area contributed by atoms with Gasteiger partial charge in [-0.25, -0.2) is 0 Å². The van der Waals surface area contributed by atoms with Crippen LogP contribution in [0.3, 0.4) is 0 Å². The van der Waals surface area contributed by atoms with Crippen molar-refractivity contribution in [3.63, 3.8) is 0 Å². The molecule has 0 fully saturated rings. The van der Waals surface area contributed by atoms with E-state index in [-0.39, 0.29) is 12.0 Å². The van der Waals surface area contributed by atoms with E-state index in [1.54, 1.807) is 44.4 Å². The zero-order valence-electron chi connectivity index (χ0n) is 14.8. The maximum atomic E-state index is 12.9. The van der Waals surface area contributed by atoms with Crippen LogP contribution in [0.1, 0.15) is 27.6 Å². The van der Waals surface area contributed by atoms with E-state index in [2.05, 4.69) is 12.1 Å². The molecule has 5 nitrogen and oxygen atoms in total. The van der Waals surface area contributed by atoms with Crippen LogP contribution in [0, 0.1) is 0 Å². The molecule has 3 rings (SSSR count). The van der Waals surface area contributed by atoms with Crippen LogP contribution in [0.5, 0.6) is 11.5 Å². The smallest absolute Gasteiger partial charge is 0.257 e. The van der Waals surface area contributed by atoms with Crippen LogP contribution in [0.15, 0.2) is 42.5 Å². The average Bonchev–Trinajstić information content (AvgIpc) is 2.67. The summed E-state index contributed by atoms with van der Waals surface area (Å²) in [6.45, 7) is 1.17. The van der Waals surface area contributed by atoms with E-state index in [0.717, 1.165) is 12.0 Å². The number of nitrogens with zero attached hydrogens (tertiary/aromatic N) is 1. The minimum Gasteiger partial charge on any atom is -0.497 e. The summed E-state index contributed by atoms with van der Waals surface area (Å²) in [4.78, 5) is 14.5. The van der Waals surface area contributed by atoms with Crippen LogP contribution in [-0.4, -0.2) is 45.2 Å². The molecule has 0 spiro atoms. The van der Waals surface area contributed by atoms with Gasteiger partial charge in [0, 0.05) is 13.1 Å². The van der Waals surface area contributed by atoms with E-state index < -0.39 is 0 Å². The zero-order valence-corrected chi connectivity index (χ0v) is 14.8. The Kier molecular flexibility index (Phi) is 5.24. The number of hydrogen-bond acceptors (Lipinski definition) is 4. The van der Waals surface area contributed by atoms with Crippen molar-refractivity contribution in [3.05, 3.63) is 59.2 Å². The van der Waals surface area contributed by atoms with E-state index in [9.17, 15) is 4.79 Å². The van der Waals surface area contributed by atoms with Crippen molar-refractivity contribution in [2.45, 2.75) is 12.5 Å². The molecule has 2 aromatic rings. The van der Waals surface area contributed by atoms with Gasteiger partial charge in [-0.15, -0.1) is 0 Å². The summed E-state index contributed by atoms with van der Waals surface area (Å²) in [7, 11) is 4.92. The highest BCUT2D eigenvalue weighted by molar-refractivity contribution is 5.97. The predicted octanol–water partition coefficient (Wildman–Crippen LogP) is 3.09. The number of methoxy groups -OCH3 is 2. The fraction of sp³-hybridized carbons (Fsp3) is 0.350. The Balaban J connectivity index is 1.78. The van der Waals surface area contributed by atoms with Gasteiger partial charge in [-0.05, 0) is 29.7 Å². The molecule has 2 aromatic carbocycles. The normalized spacial score (nSPS) is 16.0. The summed E-state index contributed by atoms with van der Waals surface area (Å²) in [5.41, 5.74) is 2.96. The summed E-state index contributed by atoms with van der Waals surface area (Å²) in [5, 5.41) is 0. The minimum absolute atomic E-state index is 0.105. The summed E-state index contributed by atoms with van der Waals surface area (Å²) in [6, 6.07) is 13.5. The Labute approximate surface area is 148 Å². The molecule has 1 heterocycles. The van der Waals surface area contributed by atoms with Crippen molar-refractivity contribution in [2.24, 2.45) is 0 Å². The molecule has 1 aliphatic rings. The molecule has 132 valence electrons. The van der Waals surface area contributed by atoms with Gasteiger partial charge in [0.2, 0.25) is 0 Å². The molecule has 1 aliphatic heterocycles. The first-order valence-electron chi connectivity index (χ1n) is 8.31. The number of ether oxygens (including phenoxy) is 3. The van der Waals surface area contributed by atoms with Crippen LogP contribution < -0.4 is 9.47 Å². The van der Waals surface area contributed by atoms with Gasteiger partial charge in [0.15, 0.2) is 0 Å². The molecule has 25 heavy (non-hydrogen) atoms. The second-order valence-electron chi connectivity index (χ2n) is 6.06. The lowest BCUT2D eigenvalue weighted by Gasteiger charge is -2.30. The molecule has 0 radical (unpaired) electrons. The van der Waals surface area contributed by atoms with Crippen LogP contribution in [0.2, 0.25) is 0 Å². The highest BCUT2D eigenvalue weighted by Gasteiger charge is 2.25. The van der Waals surface area contributed by atoms with Crippen LogP contribution >= 0.6 is 0 Å². The topological polar surface area (TPSA) is 48.0 Å². The van der Waals surface area contributed by atoms with Crippen LogP contribution in [0.4, 0.5) is 0 Å². The zero-order chi connectivity index (χ0) is 17.8. The van der Waals surface area contributed by atoms with Gasteiger partial charge in [-0.1, -0.05) is 24.3 Å². The van der Waals surface area contributed by atoms with Crippen molar-refractivity contribution in [1.29, 1.82) is 0 Å². The number of hydrogen-bond donors (Lipinski definition) is 0. The highest BCUT2D eigenvalue weighted by atomic mass is 16.5. The Morgan fingerprint density at radius 2 is 2.00 bits per heavy atom. The highest BCUT2D eigenvalue weighted by Crippen LogP contribution is 2.29. The number of fused-ring (bicyclic) bond motifs is 1. The number of rotatable bonds is 5. The third-order valence-corrected chi connectivity index (χ3v) is 4.52. The van der Waals surface area contributed by atoms with Gasteiger partial charge in [-0.2, -0.15) is 0 Å². The lowest BCUT2D eigenvalue weighted by molar-refractivity contribution is 0.0199.